The van der Waals surface area contributed by atoms with Gasteiger partial charge in [-0.3, -0.25) is 4.79 Å². The highest BCUT2D eigenvalue weighted by atomic mass is 19.2. The fourth-order valence-corrected chi connectivity index (χ4v) is 1.90. The van der Waals surface area contributed by atoms with E-state index < -0.39 is 17.7 Å². The number of carbonyl (C=O) groups is 1. The molecule has 0 aromatic carbocycles. The van der Waals surface area contributed by atoms with E-state index in [1.54, 1.807) is 0 Å². The second-order valence-electron chi connectivity index (χ2n) is 4.95. The Morgan fingerprint density at radius 1 is 1.42 bits per heavy atom. The topological polar surface area (TPSA) is 45.2 Å². The van der Waals surface area contributed by atoms with Crippen molar-refractivity contribution in [3.63, 3.8) is 0 Å². The van der Waals surface area contributed by atoms with Gasteiger partial charge in [-0.1, -0.05) is 13.8 Å². The summed E-state index contributed by atoms with van der Waals surface area (Å²) in [5.41, 5.74) is -0.325. The van der Waals surface area contributed by atoms with Gasteiger partial charge in [-0.2, -0.15) is 4.39 Å². The van der Waals surface area contributed by atoms with Crippen molar-refractivity contribution in [3.8, 4) is 0 Å². The average molecular weight is 271 g/mol. The van der Waals surface area contributed by atoms with Gasteiger partial charge in [-0.15, -0.1) is 0 Å². The lowest BCUT2D eigenvalue weighted by Gasteiger charge is -2.28. The fourth-order valence-electron chi connectivity index (χ4n) is 1.90. The maximum Gasteiger partial charge on any atom is 0.254 e. The smallest absolute Gasteiger partial charge is 0.254 e. The molecule has 6 heteroatoms. The van der Waals surface area contributed by atoms with E-state index in [1.807, 2.05) is 32.8 Å². The Morgan fingerprint density at radius 3 is 2.58 bits per heavy atom. The van der Waals surface area contributed by atoms with Gasteiger partial charge in [0.05, 0.1) is 5.56 Å². The Morgan fingerprint density at radius 2 is 2.05 bits per heavy atom. The first-order valence-electron chi connectivity index (χ1n) is 6.09. The van der Waals surface area contributed by atoms with E-state index in [4.69, 9.17) is 0 Å². The Hall–Kier alpha value is -1.56. The van der Waals surface area contributed by atoms with Gasteiger partial charge in [0.15, 0.2) is 5.82 Å². The summed E-state index contributed by atoms with van der Waals surface area (Å²) in [5, 5.41) is 2.61. The van der Waals surface area contributed by atoms with Crippen LogP contribution in [0.25, 0.3) is 0 Å². The molecule has 0 bridgehead atoms. The summed E-state index contributed by atoms with van der Waals surface area (Å²) in [6, 6.07) is 1.28. The molecule has 1 heterocycles. The van der Waals surface area contributed by atoms with Crippen LogP contribution in [0.5, 0.6) is 0 Å². The molecule has 19 heavy (non-hydrogen) atoms. The number of rotatable bonds is 5. The molecule has 1 amide bonds. The summed E-state index contributed by atoms with van der Waals surface area (Å²) < 4.78 is 26.3. The SMILES string of the molecule is CC(C)C(CNC(=O)c1ccnc(F)c1F)N(C)C. The van der Waals surface area contributed by atoms with Gasteiger partial charge in [0.1, 0.15) is 0 Å². The summed E-state index contributed by atoms with van der Waals surface area (Å²) in [4.78, 5) is 16.9. The van der Waals surface area contributed by atoms with Crippen LogP contribution in [0.1, 0.15) is 24.2 Å². The number of pyridine rings is 1. The van der Waals surface area contributed by atoms with Gasteiger partial charge in [0.25, 0.3) is 5.91 Å². The monoisotopic (exact) mass is 271 g/mol. The standard InChI is InChI=1S/C13H19F2N3O/c1-8(2)10(18(3)4)7-17-13(19)9-5-6-16-12(15)11(9)14/h5-6,8,10H,7H2,1-4H3,(H,17,19). The molecule has 1 aromatic rings. The van der Waals surface area contributed by atoms with Crippen LogP contribution >= 0.6 is 0 Å². The zero-order valence-electron chi connectivity index (χ0n) is 11.6. The lowest BCUT2D eigenvalue weighted by molar-refractivity contribution is 0.0929. The molecule has 106 valence electrons. The zero-order chi connectivity index (χ0) is 14.6. The van der Waals surface area contributed by atoms with Gasteiger partial charge >= 0.3 is 0 Å². The Labute approximate surface area is 111 Å². The molecule has 0 radical (unpaired) electrons. The van der Waals surface area contributed by atoms with Crippen molar-refractivity contribution in [2.75, 3.05) is 20.6 Å². The largest absolute Gasteiger partial charge is 0.350 e. The number of nitrogens with zero attached hydrogens (tertiary/aromatic N) is 2. The van der Waals surface area contributed by atoms with Crippen molar-refractivity contribution in [1.82, 2.24) is 15.2 Å². The molecule has 1 atom stereocenters. The van der Waals surface area contributed by atoms with Crippen LogP contribution in [0.2, 0.25) is 0 Å². The molecular weight excluding hydrogens is 252 g/mol. The summed E-state index contributed by atoms with van der Waals surface area (Å²) in [5.74, 6) is -2.78. The molecule has 0 saturated carbocycles. The molecule has 0 saturated heterocycles. The van der Waals surface area contributed by atoms with Crippen LogP contribution in [0.15, 0.2) is 12.3 Å². The lowest BCUT2D eigenvalue weighted by atomic mass is 10.0. The number of likely N-dealkylation sites (N-methyl/N-ethyl adjacent to an activating group) is 1. The van der Waals surface area contributed by atoms with Crippen molar-refractivity contribution in [2.45, 2.75) is 19.9 Å². The molecule has 0 spiro atoms. The predicted octanol–water partition coefficient (Wildman–Crippen LogP) is 1.68. The van der Waals surface area contributed by atoms with Crippen LogP contribution in [0, 0.1) is 17.7 Å². The van der Waals surface area contributed by atoms with Crippen molar-refractivity contribution < 1.29 is 13.6 Å². The predicted molar refractivity (Wildman–Crippen MR) is 68.8 cm³/mol. The maximum absolute atomic E-state index is 13.4. The van der Waals surface area contributed by atoms with Crippen molar-refractivity contribution in [1.29, 1.82) is 0 Å². The van der Waals surface area contributed by atoms with Gasteiger partial charge in [-0.05, 0) is 26.1 Å². The number of halogens is 2. The third kappa shape index (κ3) is 3.96. The number of hydrogen-bond donors (Lipinski definition) is 1. The quantitative estimate of drug-likeness (QED) is 0.829. The van der Waals surface area contributed by atoms with E-state index in [2.05, 4.69) is 10.3 Å². The average Bonchev–Trinajstić information content (AvgIpc) is 2.31. The highest BCUT2D eigenvalue weighted by Gasteiger charge is 2.20. The first-order chi connectivity index (χ1) is 8.84. The van der Waals surface area contributed by atoms with E-state index in [1.165, 1.54) is 0 Å². The number of amides is 1. The van der Waals surface area contributed by atoms with E-state index in [0.29, 0.717) is 12.5 Å². The highest BCUT2D eigenvalue weighted by molar-refractivity contribution is 5.94. The van der Waals surface area contributed by atoms with Gasteiger partial charge in [-0.25, -0.2) is 9.37 Å². The number of nitrogens with one attached hydrogen (secondary N) is 1. The van der Waals surface area contributed by atoms with Gasteiger partial charge < -0.3 is 10.2 Å². The van der Waals surface area contributed by atoms with Crippen LogP contribution in [0.3, 0.4) is 0 Å². The molecule has 0 aliphatic carbocycles. The normalized spacial score (nSPS) is 12.8. The molecule has 1 rings (SSSR count). The lowest BCUT2D eigenvalue weighted by Crippen LogP contribution is -2.43. The Bertz CT molecular complexity index is 442. The first-order valence-corrected chi connectivity index (χ1v) is 6.09. The first kappa shape index (κ1) is 15.5. The summed E-state index contributed by atoms with van der Waals surface area (Å²) in [6.07, 6.45) is 1.07. The second kappa shape index (κ2) is 6.56. The molecule has 0 fully saturated rings. The van der Waals surface area contributed by atoms with Crippen LogP contribution in [0.4, 0.5) is 8.78 Å². The minimum atomic E-state index is -1.26. The van der Waals surface area contributed by atoms with E-state index in [9.17, 15) is 13.6 Å². The minimum absolute atomic E-state index is 0.124. The molecule has 0 aliphatic rings. The number of carbonyl (C=O) groups excluding carboxylic acids is 1. The molecule has 4 nitrogen and oxygen atoms in total. The summed E-state index contributed by atoms with van der Waals surface area (Å²) in [6.45, 7) is 4.43. The Kier molecular flexibility index (Phi) is 5.35. The zero-order valence-corrected chi connectivity index (χ0v) is 11.6. The van der Waals surface area contributed by atoms with Crippen molar-refractivity contribution in [2.24, 2.45) is 5.92 Å². The minimum Gasteiger partial charge on any atom is -0.350 e. The van der Waals surface area contributed by atoms with Gasteiger partial charge in [0, 0.05) is 18.8 Å². The van der Waals surface area contributed by atoms with Crippen molar-refractivity contribution >= 4 is 5.91 Å². The van der Waals surface area contributed by atoms with Gasteiger partial charge in [0.2, 0.25) is 5.95 Å². The van der Waals surface area contributed by atoms with Crippen LogP contribution < -0.4 is 5.32 Å². The summed E-state index contributed by atoms with van der Waals surface area (Å²) >= 11 is 0. The molecular formula is C13H19F2N3O. The third-order valence-corrected chi connectivity index (χ3v) is 3.00. The molecule has 1 aromatic heterocycles. The number of hydrogen-bond acceptors (Lipinski definition) is 3. The van der Waals surface area contributed by atoms with Crippen LogP contribution in [-0.2, 0) is 0 Å². The summed E-state index contributed by atoms with van der Waals surface area (Å²) in [7, 11) is 3.81. The molecule has 1 unspecified atom stereocenters. The van der Waals surface area contributed by atoms with Crippen LogP contribution in [-0.4, -0.2) is 42.5 Å². The molecule has 0 aliphatic heterocycles. The highest BCUT2D eigenvalue weighted by Crippen LogP contribution is 2.10. The number of aromatic nitrogens is 1. The van der Waals surface area contributed by atoms with E-state index in [-0.39, 0.29) is 11.6 Å². The second-order valence-corrected chi connectivity index (χ2v) is 4.95. The van der Waals surface area contributed by atoms with E-state index >= 15 is 0 Å². The van der Waals surface area contributed by atoms with Crippen molar-refractivity contribution in [3.05, 3.63) is 29.6 Å². The molecule has 1 N–H and O–H groups in total. The van der Waals surface area contributed by atoms with E-state index in [0.717, 1.165) is 12.3 Å². The maximum atomic E-state index is 13.4. The fraction of sp³-hybridized carbons (Fsp3) is 0.538. The Balaban J connectivity index is 2.72. The third-order valence-electron chi connectivity index (χ3n) is 3.00.